The number of hydrogen-bond acceptors (Lipinski definition) is 4. The zero-order valence-electron chi connectivity index (χ0n) is 6.82. The van der Waals surface area contributed by atoms with Gasteiger partial charge < -0.3 is 10.5 Å². The zero-order valence-corrected chi connectivity index (χ0v) is 7.64. The second-order valence-corrected chi connectivity index (χ2v) is 3.22. The molecule has 12 heavy (non-hydrogen) atoms. The second-order valence-electron chi connectivity index (χ2n) is 2.44. The van der Waals surface area contributed by atoms with Crippen molar-refractivity contribution in [3.63, 3.8) is 0 Å². The van der Waals surface area contributed by atoms with E-state index in [4.69, 9.17) is 5.73 Å². The van der Waals surface area contributed by atoms with Gasteiger partial charge in [0, 0.05) is 6.04 Å². The summed E-state index contributed by atoms with van der Waals surface area (Å²) in [6.07, 6.45) is 0.243. The van der Waals surface area contributed by atoms with Crippen LogP contribution in [-0.4, -0.2) is 13.1 Å². The van der Waals surface area contributed by atoms with Crippen LogP contribution in [0.2, 0.25) is 0 Å². The number of methoxy groups -OCH3 is 1. The minimum absolute atomic E-state index is 0.233. The first-order valence-corrected chi connectivity index (χ1v) is 4.53. The normalized spacial score (nSPS) is 12.5. The lowest BCUT2D eigenvalue weighted by molar-refractivity contribution is -0.141. The molecule has 0 amide bonds. The maximum Gasteiger partial charge on any atom is 0.307 e. The third kappa shape index (κ3) is 2.32. The summed E-state index contributed by atoms with van der Waals surface area (Å²) in [5.74, 6) is -0.270. The molecular formula is C8H11NO2S. The first-order valence-electron chi connectivity index (χ1n) is 3.58. The molecule has 0 fully saturated rings. The van der Waals surface area contributed by atoms with Crippen LogP contribution in [0.4, 0.5) is 0 Å². The van der Waals surface area contributed by atoms with Crippen molar-refractivity contribution in [2.75, 3.05) is 7.11 Å². The minimum Gasteiger partial charge on any atom is -0.469 e. The lowest BCUT2D eigenvalue weighted by Crippen LogP contribution is -2.15. The summed E-state index contributed by atoms with van der Waals surface area (Å²) >= 11 is 1.57. The molecule has 1 aromatic rings. The van der Waals surface area contributed by atoms with Crippen molar-refractivity contribution in [1.29, 1.82) is 0 Å². The van der Waals surface area contributed by atoms with Gasteiger partial charge >= 0.3 is 5.97 Å². The van der Waals surface area contributed by atoms with Crippen LogP contribution in [0.5, 0.6) is 0 Å². The van der Waals surface area contributed by atoms with Crippen LogP contribution in [0.3, 0.4) is 0 Å². The van der Waals surface area contributed by atoms with Crippen molar-refractivity contribution >= 4 is 17.3 Å². The maximum absolute atomic E-state index is 10.8. The number of hydrogen-bond donors (Lipinski definition) is 1. The van der Waals surface area contributed by atoms with E-state index in [0.29, 0.717) is 0 Å². The average molecular weight is 185 g/mol. The fourth-order valence-corrected chi connectivity index (χ4v) is 1.59. The van der Waals surface area contributed by atoms with Gasteiger partial charge in [-0.25, -0.2) is 0 Å². The summed E-state index contributed by atoms with van der Waals surface area (Å²) in [6.45, 7) is 0. The summed E-state index contributed by atoms with van der Waals surface area (Å²) in [5.41, 5.74) is 6.71. The molecular weight excluding hydrogens is 174 g/mol. The van der Waals surface area contributed by atoms with Gasteiger partial charge in [-0.1, -0.05) is 0 Å². The molecule has 1 rings (SSSR count). The molecule has 3 nitrogen and oxygen atoms in total. The number of esters is 1. The number of rotatable bonds is 3. The monoisotopic (exact) mass is 185 g/mol. The average Bonchev–Trinajstić information content (AvgIpc) is 2.56. The van der Waals surface area contributed by atoms with Gasteiger partial charge in [0.15, 0.2) is 0 Å². The Balaban J connectivity index is 2.49. The Morgan fingerprint density at radius 1 is 1.83 bits per heavy atom. The van der Waals surface area contributed by atoms with Crippen LogP contribution in [0.15, 0.2) is 16.8 Å². The smallest absolute Gasteiger partial charge is 0.307 e. The molecule has 1 aromatic heterocycles. The van der Waals surface area contributed by atoms with E-state index < -0.39 is 0 Å². The molecule has 66 valence electrons. The van der Waals surface area contributed by atoms with Crippen LogP contribution >= 0.6 is 11.3 Å². The van der Waals surface area contributed by atoms with E-state index >= 15 is 0 Å². The van der Waals surface area contributed by atoms with E-state index in [1.807, 2.05) is 16.8 Å². The molecule has 4 heteroatoms. The van der Waals surface area contributed by atoms with E-state index in [1.165, 1.54) is 7.11 Å². The Kier molecular flexibility index (Phi) is 3.25. The molecule has 0 aromatic carbocycles. The molecule has 2 N–H and O–H groups in total. The first-order chi connectivity index (χ1) is 5.74. The number of carbonyl (C=O) groups is 1. The summed E-state index contributed by atoms with van der Waals surface area (Å²) in [4.78, 5) is 10.8. The third-order valence-electron chi connectivity index (χ3n) is 1.59. The summed E-state index contributed by atoms with van der Waals surface area (Å²) in [5, 5.41) is 3.88. The van der Waals surface area contributed by atoms with Crippen molar-refractivity contribution in [2.45, 2.75) is 12.5 Å². The van der Waals surface area contributed by atoms with Crippen molar-refractivity contribution in [2.24, 2.45) is 5.73 Å². The van der Waals surface area contributed by atoms with Gasteiger partial charge in [0.05, 0.1) is 13.5 Å². The lowest BCUT2D eigenvalue weighted by Gasteiger charge is -2.06. The van der Waals surface area contributed by atoms with Gasteiger partial charge in [-0.2, -0.15) is 11.3 Å². The van der Waals surface area contributed by atoms with E-state index in [1.54, 1.807) is 11.3 Å². The molecule has 0 bridgehead atoms. The van der Waals surface area contributed by atoms with Crippen molar-refractivity contribution in [1.82, 2.24) is 0 Å². The Morgan fingerprint density at radius 2 is 2.58 bits per heavy atom. The molecule has 0 aliphatic carbocycles. The topological polar surface area (TPSA) is 52.3 Å². The largest absolute Gasteiger partial charge is 0.469 e. The predicted molar refractivity (Wildman–Crippen MR) is 47.9 cm³/mol. The standard InChI is InChI=1S/C8H11NO2S/c1-11-8(10)4-7(9)6-2-3-12-5-6/h2-3,5,7H,4,9H2,1H3. The van der Waals surface area contributed by atoms with Crippen LogP contribution in [0.25, 0.3) is 0 Å². The van der Waals surface area contributed by atoms with E-state index in [-0.39, 0.29) is 18.4 Å². The highest BCUT2D eigenvalue weighted by atomic mass is 32.1. The number of nitrogens with two attached hydrogens (primary N) is 1. The zero-order chi connectivity index (χ0) is 8.97. The molecule has 0 saturated carbocycles. The summed E-state index contributed by atoms with van der Waals surface area (Å²) < 4.78 is 4.50. The maximum atomic E-state index is 10.8. The van der Waals surface area contributed by atoms with Crippen LogP contribution in [0, 0.1) is 0 Å². The van der Waals surface area contributed by atoms with Crippen molar-refractivity contribution < 1.29 is 9.53 Å². The Hall–Kier alpha value is -0.870. The number of carbonyl (C=O) groups excluding carboxylic acids is 1. The van der Waals surface area contributed by atoms with E-state index in [9.17, 15) is 4.79 Å². The fraction of sp³-hybridized carbons (Fsp3) is 0.375. The highest BCUT2D eigenvalue weighted by Crippen LogP contribution is 2.16. The third-order valence-corrected chi connectivity index (χ3v) is 2.29. The Bertz CT molecular complexity index is 246. The van der Waals surface area contributed by atoms with Crippen LogP contribution in [0.1, 0.15) is 18.0 Å². The van der Waals surface area contributed by atoms with Gasteiger partial charge in [0.2, 0.25) is 0 Å². The van der Waals surface area contributed by atoms with Crippen molar-refractivity contribution in [3.05, 3.63) is 22.4 Å². The molecule has 0 aliphatic rings. The van der Waals surface area contributed by atoms with E-state index in [2.05, 4.69) is 4.74 Å². The minimum atomic E-state index is -0.270. The van der Waals surface area contributed by atoms with Gasteiger partial charge in [-0.05, 0) is 22.4 Å². The molecule has 1 heterocycles. The molecule has 0 saturated heterocycles. The summed E-state index contributed by atoms with van der Waals surface area (Å²) in [6, 6.07) is 1.68. The molecule has 1 unspecified atom stereocenters. The number of thiophene rings is 1. The Morgan fingerprint density at radius 3 is 3.08 bits per heavy atom. The van der Waals surface area contributed by atoms with Gasteiger partial charge in [-0.15, -0.1) is 0 Å². The van der Waals surface area contributed by atoms with Crippen LogP contribution < -0.4 is 5.73 Å². The summed E-state index contributed by atoms with van der Waals surface area (Å²) in [7, 11) is 1.36. The first kappa shape index (κ1) is 9.22. The highest BCUT2D eigenvalue weighted by Gasteiger charge is 2.11. The Labute approximate surface area is 75.1 Å². The number of ether oxygens (including phenoxy) is 1. The van der Waals surface area contributed by atoms with Gasteiger partial charge in [0.25, 0.3) is 0 Å². The van der Waals surface area contributed by atoms with Crippen LogP contribution in [-0.2, 0) is 9.53 Å². The second kappa shape index (κ2) is 4.23. The van der Waals surface area contributed by atoms with Gasteiger partial charge in [0.1, 0.15) is 0 Å². The molecule has 0 spiro atoms. The SMILES string of the molecule is COC(=O)CC(N)c1ccsc1. The molecule has 0 radical (unpaired) electrons. The van der Waals surface area contributed by atoms with E-state index in [0.717, 1.165) is 5.56 Å². The highest BCUT2D eigenvalue weighted by molar-refractivity contribution is 7.07. The lowest BCUT2D eigenvalue weighted by atomic mass is 10.1. The van der Waals surface area contributed by atoms with Gasteiger partial charge in [-0.3, -0.25) is 4.79 Å². The molecule has 0 aliphatic heterocycles. The fourth-order valence-electron chi connectivity index (χ4n) is 0.867. The van der Waals surface area contributed by atoms with Crippen molar-refractivity contribution in [3.8, 4) is 0 Å². The predicted octanol–water partition coefficient (Wildman–Crippen LogP) is 1.31. The molecule has 1 atom stereocenters. The quantitative estimate of drug-likeness (QED) is 0.722.